The van der Waals surface area contributed by atoms with Gasteiger partial charge in [0.1, 0.15) is 0 Å². The lowest BCUT2D eigenvalue weighted by atomic mass is 10.4. The van der Waals surface area contributed by atoms with Gasteiger partial charge in [0, 0.05) is 25.9 Å². The molecule has 1 N–H and O–H groups in total. The van der Waals surface area contributed by atoms with Crippen LogP contribution in [-0.2, 0) is 0 Å². The standard InChI is InChI=1S/C12H21N5S/c1-4-5-8-18-12-15-10(13-2)14-11(16-12)17(3)9-6-7-9/h9H,4-8H2,1-3H3,(H,13,14,15,16). The van der Waals surface area contributed by atoms with E-state index < -0.39 is 0 Å². The molecule has 1 saturated carbocycles. The molecule has 0 amide bonds. The maximum atomic E-state index is 4.54. The van der Waals surface area contributed by atoms with Gasteiger partial charge in [-0.2, -0.15) is 15.0 Å². The number of thioether (sulfide) groups is 1. The maximum Gasteiger partial charge on any atom is 0.231 e. The highest BCUT2D eigenvalue weighted by Gasteiger charge is 2.28. The van der Waals surface area contributed by atoms with Crippen LogP contribution in [0.1, 0.15) is 32.6 Å². The van der Waals surface area contributed by atoms with E-state index in [1.165, 1.54) is 25.7 Å². The summed E-state index contributed by atoms with van der Waals surface area (Å²) in [4.78, 5) is 15.5. The van der Waals surface area contributed by atoms with Gasteiger partial charge >= 0.3 is 0 Å². The predicted octanol–water partition coefficient (Wildman–Crippen LogP) is 2.40. The Balaban J connectivity index is 2.10. The lowest BCUT2D eigenvalue weighted by Crippen LogP contribution is -2.23. The number of anilines is 2. The molecule has 0 saturated heterocycles. The number of rotatable bonds is 7. The fraction of sp³-hybridized carbons (Fsp3) is 0.750. The zero-order chi connectivity index (χ0) is 13.0. The first-order chi connectivity index (χ1) is 8.74. The average Bonchev–Trinajstić information content (AvgIpc) is 3.22. The SMILES string of the molecule is CCCCSc1nc(NC)nc(N(C)C2CC2)n1. The second-order valence-corrected chi connectivity index (χ2v) is 5.60. The van der Waals surface area contributed by atoms with E-state index in [-0.39, 0.29) is 0 Å². The van der Waals surface area contributed by atoms with E-state index in [2.05, 4.69) is 39.1 Å². The van der Waals surface area contributed by atoms with Crippen molar-refractivity contribution < 1.29 is 0 Å². The van der Waals surface area contributed by atoms with E-state index in [1.54, 1.807) is 11.8 Å². The van der Waals surface area contributed by atoms with Gasteiger partial charge < -0.3 is 10.2 Å². The summed E-state index contributed by atoms with van der Waals surface area (Å²) in [6, 6.07) is 0.616. The molecule has 18 heavy (non-hydrogen) atoms. The van der Waals surface area contributed by atoms with E-state index in [0.717, 1.165) is 16.9 Å². The van der Waals surface area contributed by atoms with Gasteiger partial charge in [0.05, 0.1) is 0 Å². The van der Waals surface area contributed by atoms with Crippen molar-refractivity contribution in [1.29, 1.82) is 0 Å². The fourth-order valence-electron chi connectivity index (χ4n) is 1.61. The smallest absolute Gasteiger partial charge is 0.231 e. The van der Waals surface area contributed by atoms with Crippen LogP contribution >= 0.6 is 11.8 Å². The normalized spacial score (nSPS) is 14.6. The van der Waals surface area contributed by atoms with Gasteiger partial charge in [-0.3, -0.25) is 0 Å². The topological polar surface area (TPSA) is 53.9 Å². The first-order valence-corrected chi connectivity index (χ1v) is 7.52. The molecular formula is C12H21N5S. The maximum absolute atomic E-state index is 4.54. The van der Waals surface area contributed by atoms with Gasteiger partial charge in [-0.05, 0) is 19.3 Å². The molecule has 1 fully saturated rings. The lowest BCUT2D eigenvalue weighted by Gasteiger charge is -2.17. The average molecular weight is 267 g/mol. The predicted molar refractivity (Wildman–Crippen MR) is 76.4 cm³/mol. The Morgan fingerprint density at radius 1 is 1.33 bits per heavy atom. The molecular weight excluding hydrogens is 246 g/mol. The van der Waals surface area contributed by atoms with Crippen LogP contribution in [0.4, 0.5) is 11.9 Å². The highest BCUT2D eigenvalue weighted by Crippen LogP contribution is 2.29. The third-order valence-electron chi connectivity index (χ3n) is 2.97. The molecule has 0 bridgehead atoms. The van der Waals surface area contributed by atoms with Crippen LogP contribution in [0.5, 0.6) is 0 Å². The minimum atomic E-state index is 0.616. The summed E-state index contributed by atoms with van der Waals surface area (Å²) in [6.45, 7) is 2.19. The number of nitrogens with zero attached hydrogens (tertiary/aromatic N) is 4. The van der Waals surface area contributed by atoms with Crippen LogP contribution in [-0.4, -0.2) is 40.8 Å². The molecule has 100 valence electrons. The summed E-state index contributed by atoms with van der Waals surface area (Å²) in [5.74, 6) is 2.51. The van der Waals surface area contributed by atoms with Gasteiger partial charge in [-0.15, -0.1) is 0 Å². The Labute approximate surface area is 113 Å². The molecule has 0 spiro atoms. The van der Waals surface area contributed by atoms with Gasteiger partial charge in [0.15, 0.2) is 5.16 Å². The molecule has 0 aliphatic heterocycles. The Morgan fingerprint density at radius 3 is 2.72 bits per heavy atom. The van der Waals surface area contributed by atoms with E-state index in [0.29, 0.717) is 12.0 Å². The molecule has 1 aromatic heterocycles. The first kappa shape index (κ1) is 13.4. The molecule has 1 aromatic rings. The molecule has 1 aliphatic rings. The third-order valence-corrected chi connectivity index (χ3v) is 3.90. The van der Waals surface area contributed by atoms with Crippen LogP contribution in [0.25, 0.3) is 0 Å². The number of aromatic nitrogens is 3. The highest BCUT2D eigenvalue weighted by atomic mass is 32.2. The quantitative estimate of drug-likeness (QED) is 0.605. The summed E-state index contributed by atoms with van der Waals surface area (Å²) >= 11 is 1.71. The molecule has 0 atom stereocenters. The molecule has 1 heterocycles. The van der Waals surface area contributed by atoms with E-state index >= 15 is 0 Å². The molecule has 2 rings (SSSR count). The summed E-state index contributed by atoms with van der Waals surface area (Å²) in [7, 11) is 3.91. The molecule has 5 nitrogen and oxygen atoms in total. The second-order valence-electron chi connectivity index (χ2n) is 4.54. The second kappa shape index (κ2) is 6.22. The summed E-state index contributed by atoms with van der Waals surface area (Å²) < 4.78 is 0. The van der Waals surface area contributed by atoms with Crippen molar-refractivity contribution in [1.82, 2.24) is 15.0 Å². The van der Waals surface area contributed by atoms with Gasteiger partial charge in [0.25, 0.3) is 0 Å². The van der Waals surface area contributed by atoms with Crippen molar-refractivity contribution in [3.8, 4) is 0 Å². The number of unbranched alkanes of at least 4 members (excludes halogenated alkanes) is 1. The molecule has 0 aromatic carbocycles. The minimum Gasteiger partial charge on any atom is -0.357 e. The first-order valence-electron chi connectivity index (χ1n) is 6.54. The van der Waals surface area contributed by atoms with Gasteiger partial charge in [0.2, 0.25) is 11.9 Å². The zero-order valence-corrected chi connectivity index (χ0v) is 12.1. The monoisotopic (exact) mass is 267 g/mol. The van der Waals surface area contributed by atoms with Crippen molar-refractivity contribution in [3.05, 3.63) is 0 Å². The number of nitrogens with one attached hydrogen (secondary N) is 1. The van der Waals surface area contributed by atoms with Gasteiger partial charge in [-0.1, -0.05) is 25.1 Å². The van der Waals surface area contributed by atoms with Crippen LogP contribution in [0.3, 0.4) is 0 Å². The number of hydrogen-bond acceptors (Lipinski definition) is 6. The van der Waals surface area contributed by atoms with Crippen LogP contribution in [0.15, 0.2) is 5.16 Å². The third kappa shape index (κ3) is 3.48. The van der Waals surface area contributed by atoms with Crippen LogP contribution < -0.4 is 10.2 Å². The van der Waals surface area contributed by atoms with Crippen LogP contribution in [0, 0.1) is 0 Å². The van der Waals surface area contributed by atoms with Gasteiger partial charge in [-0.25, -0.2) is 0 Å². The van der Waals surface area contributed by atoms with Crippen molar-refractivity contribution in [2.24, 2.45) is 0 Å². The van der Waals surface area contributed by atoms with E-state index in [9.17, 15) is 0 Å². The van der Waals surface area contributed by atoms with Crippen LogP contribution in [0.2, 0.25) is 0 Å². The molecule has 0 radical (unpaired) electrons. The van der Waals surface area contributed by atoms with Crippen molar-refractivity contribution in [2.75, 3.05) is 30.1 Å². The fourth-order valence-corrected chi connectivity index (χ4v) is 2.53. The zero-order valence-electron chi connectivity index (χ0n) is 11.3. The van der Waals surface area contributed by atoms with E-state index in [1.807, 2.05) is 7.05 Å². The summed E-state index contributed by atoms with van der Waals surface area (Å²) in [6.07, 6.45) is 4.88. The molecule has 6 heteroatoms. The Hall–Kier alpha value is -1.04. The minimum absolute atomic E-state index is 0.616. The Kier molecular flexibility index (Phi) is 4.63. The lowest BCUT2D eigenvalue weighted by molar-refractivity contribution is 0.808. The Morgan fingerprint density at radius 2 is 2.11 bits per heavy atom. The van der Waals surface area contributed by atoms with Crippen molar-refractivity contribution >= 4 is 23.7 Å². The summed E-state index contributed by atoms with van der Waals surface area (Å²) in [5, 5.41) is 3.83. The molecule has 0 unspecified atom stereocenters. The Bertz CT molecular complexity index is 394. The van der Waals surface area contributed by atoms with Crippen molar-refractivity contribution in [3.63, 3.8) is 0 Å². The summed E-state index contributed by atoms with van der Waals surface area (Å²) in [5.41, 5.74) is 0. The van der Waals surface area contributed by atoms with E-state index in [4.69, 9.17) is 0 Å². The highest BCUT2D eigenvalue weighted by molar-refractivity contribution is 7.99. The molecule has 1 aliphatic carbocycles. The largest absolute Gasteiger partial charge is 0.357 e. The van der Waals surface area contributed by atoms with Crippen molar-refractivity contribution in [2.45, 2.75) is 43.8 Å². The number of hydrogen-bond donors (Lipinski definition) is 1.